The fraction of sp³-hybridized carbons (Fsp3) is 0.133. The van der Waals surface area contributed by atoms with Crippen LogP contribution in [0, 0.1) is 6.92 Å². The molecule has 0 fully saturated rings. The highest BCUT2D eigenvalue weighted by molar-refractivity contribution is 7.80. The van der Waals surface area contributed by atoms with Crippen molar-refractivity contribution in [2.24, 2.45) is 0 Å². The molecule has 0 aliphatic heterocycles. The lowest BCUT2D eigenvalue weighted by atomic mass is 10.1. The van der Waals surface area contributed by atoms with E-state index < -0.39 is 0 Å². The van der Waals surface area contributed by atoms with Gasteiger partial charge in [0.2, 0.25) is 0 Å². The molecular weight excluding hydrogens is 226 g/mol. The average Bonchev–Trinajstić information content (AvgIpc) is 2.38. The zero-order valence-electron chi connectivity index (χ0n) is 9.81. The molecule has 0 saturated heterocycles. The van der Waals surface area contributed by atoms with Crippen LogP contribution >= 0.6 is 12.2 Å². The van der Waals surface area contributed by atoms with Crippen LogP contribution in [-0.2, 0) is 6.54 Å². The highest BCUT2D eigenvalue weighted by atomic mass is 32.1. The van der Waals surface area contributed by atoms with Crippen molar-refractivity contribution < 1.29 is 0 Å². The molecule has 0 heterocycles. The standard InChI is InChI=1S/C15H15NS/c1-12-7-9-14(10-8-12)15(17)16-11-13-5-3-2-4-6-13/h2-10H,11H2,1H3,(H,16,17). The lowest BCUT2D eigenvalue weighted by Gasteiger charge is -2.08. The molecule has 0 aromatic heterocycles. The van der Waals surface area contributed by atoms with E-state index in [0.29, 0.717) is 0 Å². The van der Waals surface area contributed by atoms with Gasteiger partial charge in [-0.25, -0.2) is 0 Å². The Morgan fingerprint density at radius 1 is 1.00 bits per heavy atom. The first-order chi connectivity index (χ1) is 8.25. The smallest absolute Gasteiger partial charge is 0.106 e. The summed E-state index contributed by atoms with van der Waals surface area (Å²) in [5.41, 5.74) is 3.56. The predicted octanol–water partition coefficient (Wildman–Crippen LogP) is 3.46. The summed E-state index contributed by atoms with van der Waals surface area (Å²) in [7, 11) is 0. The van der Waals surface area contributed by atoms with Crippen molar-refractivity contribution in [1.82, 2.24) is 5.32 Å². The number of hydrogen-bond donors (Lipinski definition) is 1. The molecule has 17 heavy (non-hydrogen) atoms. The van der Waals surface area contributed by atoms with Gasteiger partial charge in [-0.3, -0.25) is 0 Å². The molecule has 86 valence electrons. The Bertz CT molecular complexity index is 488. The Morgan fingerprint density at radius 3 is 2.29 bits per heavy atom. The zero-order valence-corrected chi connectivity index (χ0v) is 10.6. The van der Waals surface area contributed by atoms with Crippen molar-refractivity contribution in [2.45, 2.75) is 13.5 Å². The third-order valence-electron chi connectivity index (χ3n) is 2.61. The second kappa shape index (κ2) is 5.60. The second-order valence-corrected chi connectivity index (χ2v) is 4.44. The average molecular weight is 241 g/mol. The molecule has 0 aliphatic carbocycles. The van der Waals surface area contributed by atoms with E-state index in [0.717, 1.165) is 17.1 Å². The van der Waals surface area contributed by atoms with E-state index in [9.17, 15) is 0 Å². The van der Waals surface area contributed by atoms with E-state index in [-0.39, 0.29) is 0 Å². The summed E-state index contributed by atoms with van der Waals surface area (Å²) < 4.78 is 0. The van der Waals surface area contributed by atoms with Crippen molar-refractivity contribution in [3.63, 3.8) is 0 Å². The lowest BCUT2D eigenvalue weighted by Crippen LogP contribution is -2.21. The fourth-order valence-electron chi connectivity index (χ4n) is 1.59. The number of hydrogen-bond acceptors (Lipinski definition) is 1. The fourth-order valence-corrected chi connectivity index (χ4v) is 1.79. The SMILES string of the molecule is Cc1ccc(C(=S)NCc2ccccc2)cc1. The van der Waals surface area contributed by atoms with Gasteiger partial charge in [-0.15, -0.1) is 0 Å². The number of benzene rings is 2. The van der Waals surface area contributed by atoms with Crippen molar-refractivity contribution in [2.75, 3.05) is 0 Å². The van der Waals surface area contributed by atoms with E-state index >= 15 is 0 Å². The summed E-state index contributed by atoms with van der Waals surface area (Å²) in [4.78, 5) is 0.800. The van der Waals surface area contributed by atoms with Crippen molar-refractivity contribution in [3.8, 4) is 0 Å². The van der Waals surface area contributed by atoms with Crippen LogP contribution in [0.4, 0.5) is 0 Å². The molecule has 0 spiro atoms. The molecule has 0 saturated carbocycles. The van der Waals surface area contributed by atoms with Crippen LogP contribution in [0.25, 0.3) is 0 Å². The minimum Gasteiger partial charge on any atom is -0.372 e. The summed E-state index contributed by atoms with van der Waals surface area (Å²) in [6, 6.07) is 18.5. The van der Waals surface area contributed by atoms with Gasteiger partial charge in [0.25, 0.3) is 0 Å². The molecule has 0 aliphatic rings. The lowest BCUT2D eigenvalue weighted by molar-refractivity contribution is 0.929. The zero-order chi connectivity index (χ0) is 12.1. The van der Waals surface area contributed by atoms with Gasteiger partial charge in [0.05, 0.1) is 0 Å². The van der Waals surface area contributed by atoms with Crippen LogP contribution in [0.15, 0.2) is 54.6 Å². The van der Waals surface area contributed by atoms with Crippen LogP contribution in [0.5, 0.6) is 0 Å². The molecule has 0 amide bonds. The van der Waals surface area contributed by atoms with E-state index in [1.54, 1.807) is 0 Å². The third-order valence-corrected chi connectivity index (χ3v) is 2.99. The monoisotopic (exact) mass is 241 g/mol. The topological polar surface area (TPSA) is 12.0 Å². The van der Waals surface area contributed by atoms with Crippen LogP contribution < -0.4 is 5.32 Å². The van der Waals surface area contributed by atoms with E-state index in [1.807, 2.05) is 18.2 Å². The number of aryl methyl sites for hydroxylation is 1. The second-order valence-electron chi connectivity index (χ2n) is 4.03. The Labute approximate surface area is 107 Å². The molecule has 1 nitrogen and oxygen atoms in total. The Morgan fingerprint density at radius 2 is 1.65 bits per heavy atom. The minimum absolute atomic E-state index is 0.771. The largest absolute Gasteiger partial charge is 0.372 e. The first-order valence-electron chi connectivity index (χ1n) is 5.64. The maximum Gasteiger partial charge on any atom is 0.106 e. The van der Waals surface area contributed by atoms with Crippen LogP contribution in [0.2, 0.25) is 0 Å². The maximum absolute atomic E-state index is 5.35. The predicted molar refractivity (Wildman–Crippen MR) is 76.2 cm³/mol. The van der Waals surface area contributed by atoms with E-state index in [2.05, 4.69) is 48.6 Å². The normalized spacial score (nSPS) is 9.94. The quantitative estimate of drug-likeness (QED) is 0.826. The van der Waals surface area contributed by atoms with Crippen molar-refractivity contribution >= 4 is 17.2 Å². The summed E-state index contributed by atoms with van der Waals surface area (Å²) in [5, 5.41) is 3.27. The molecule has 0 unspecified atom stereocenters. The molecule has 0 radical (unpaired) electrons. The summed E-state index contributed by atoms with van der Waals surface area (Å²) in [6.45, 7) is 2.85. The Hall–Kier alpha value is -1.67. The molecule has 2 aromatic rings. The Kier molecular flexibility index (Phi) is 3.89. The summed E-state index contributed by atoms with van der Waals surface area (Å²) in [6.07, 6.45) is 0. The van der Waals surface area contributed by atoms with Gasteiger partial charge in [-0.05, 0) is 12.5 Å². The van der Waals surface area contributed by atoms with Gasteiger partial charge in [-0.2, -0.15) is 0 Å². The van der Waals surface area contributed by atoms with Gasteiger partial charge < -0.3 is 5.32 Å². The van der Waals surface area contributed by atoms with Crippen LogP contribution in [0.3, 0.4) is 0 Å². The number of nitrogens with one attached hydrogen (secondary N) is 1. The van der Waals surface area contributed by atoms with Gasteiger partial charge in [0.1, 0.15) is 4.99 Å². The highest BCUT2D eigenvalue weighted by Crippen LogP contribution is 2.05. The number of rotatable bonds is 3. The van der Waals surface area contributed by atoms with Gasteiger partial charge >= 0.3 is 0 Å². The van der Waals surface area contributed by atoms with Crippen LogP contribution in [-0.4, -0.2) is 4.99 Å². The summed E-state index contributed by atoms with van der Waals surface area (Å²) >= 11 is 5.35. The number of thiocarbonyl (C=S) groups is 1. The van der Waals surface area contributed by atoms with Crippen LogP contribution in [0.1, 0.15) is 16.7 Å². The molecule has 1 N–H and O–H groups in total. The molecule has 2 aromatic carbocycles. The van der Waals surface area contributed by atoms with E-state index in [4.69, 9.17) is 12.2 Å². The Balaban J connectivity index is 1.96. The summed E-state index contributed by atoms with van der Waals surface area (Å²) in [5.74, 6) is 0. The molecule has 2 heteroatoms. The third kappa shape index (κ3) is 3.40. The highest BCUT2D eigenvalue weighted by Gasteiger charge is 1.99. The molecule has 0 atom stereocenters. The van der Waals surface area contributed by atoms with Crippen molar-refractivity contribution in [1.29, 1.82) is 0 Å². The molecule has 2 rings (SSSR count). The molecular formula is C15H15NS. The van der Waals surface area contributed by atoms with Gasteiger partial charge in [0, 0.05) is 12.1 Å². The maximum atomic E-state index is 5.35. The molecule has 0 bridgehead atoms. The van der Waals surface area contributed by atoms with Gasteiger partial charge in [0.15, 0.2) is 0 Å². The van der Waals surface area contributed by atoms with Crippen molar-refractivity contribution in [3.05, 3.63) is 71.3 Å². The van der Waals surface area contributed by atoms with E-state index in [1.165, 1.54) is 11.1 Å². The first kappa shape index (κ1) is 11.8. The minimum atomic E-state index is 0.771. The van der Waals surface area contributed by atoms with Gasteiger partial charge in [-0.1, -0.05) is 72.4 Å². The first-order valence-corrected chi connectivity index (χ1v) is 6.05.